The molecule has 2 N–H and O–H groups in total. The van der Waals surface area contributed by atoms with Crippen molar-refractivity contribution in [3.63, 3.8) is 0 Å². The molecular formula is C21H19FN4O3. The summed E-state index contributed by atoms with van der Waals surface area (Å²) < 4.78 is 17.6. The van der Waals surface area contributed by atoms with E-state index in [4.69, 9.17) is 0 Å². The van der Waals surface area contributed by atoms with Gasteiger partial charge in [0.15, 0.2) is 0 Å². The number of amides is 1. The van der Waals surface area contributed by atoms with Crippen molar-refractivity contribution in [2.75, 3.05) is 24.3 Å². The number of anilines is 2. The van der Waals surface area contributed by atoms with Crippen LogP contribution in [0.1, 0.15) is 26.4 Å². The van der Waals surface area contributed by atoms with Crippen LogP contribution in [-0.2, 0) is 11.2 Å². The van der Waals surface area contributed by atoms with E-state index in [-0.39, 0.29) is 11.5 Å². The summed E-state index contributed by atoms with van der Waals surface area (Å²) in [6, 6.07) is 12.7. The van der Waals surface area contributed by atoms with Crippen LogP contribution < -0.4 is 10.6 Å². The highest BCUT2D eigenvalue weighted by molar-refractivity contribution is 6.03. The maximum Gasteiger partial charge on any atom is 0.337 e. The predicted molar refractivity (Wildman–Crippen MR) is 106 cm³/mol. The number of rotatable bonds is 7. The first kappa shape index (κ1) is 19.9. The van der Waals surface area contributed by atoms with Gasteiger partial charge >= 0.3 is 5.97 Å². The highest BCUT2D eigenvalue weighted by Crippen LogP contribution is 2.13. The standard InChI is InChI=1S/C21H19FN4O3/c1-29-21(28)15-3-2-4-17(11-15)26-20(27)18-12-25-19(13-24-18)23-10-9-14-5-7-16(22)8-6-14/h2-8,11-13H,9-10H2,1H3,(H,23,25)(H,26,27). The van der Waals surface area contributed by atoms with E-state index < -0.39 is 11.9 Å². The van der Waals surface area contributed by atoms with Gasteiger partial charge in [-0.2, -0.15) is 0 Å². The highest BCUT2D eigenvalue weighted by Gasteiger charge is 2.11. The van der Waals surface area contributed by atoms with Gasteiger partial charge in [-0.3, -0.25) is 4.79 Å². The molecule has 0 aliphatic heterocycles. The van der Waals surface area contributed by atoms with Crippen molar-refractivity contribution in [3.05, 3.63) is 83.6 Å². The number of carbonyl (C=O) groups is 2. The van der Waals surface area contributed by atoms with E-state index in [0.29, 0.717) is 30.0 Å². The van der Waals surface area contributed by atoms with Gasteiger partial charge < -0.3 is 15.4 Å². The second kappa shape index (κ2) is 9.41. The zero-order chi connectivity index (χ0) is 20.6. The Kier molecular flexibility index (Phi) is 6.47. The lowest BCUT2D eigenvalue weighted by atomic mass is 10.1. The van der Waals surface area contributed by atoms with Gasteiger partial charge in [-0.1, -0.05) is 18.2 Å². The number of hydrogen-bond donors (Lipinski definition) is 2. The minimum atomic E-state index is -0.489. The monoisotopic (exact) mass is 394 g/mol. The normalized spacial score (nSPS) is 10.3. The summed E-state index contributed by atoms with van der Waals surface area (Å²) >= 11 is 0. The summed E-state index contributed by atoms with van der Waals surface area (Å²) in [7, 11) is 1.29. The summed E-state index contributed by atoms with van der Waals surface area (Å²) in [5.41, 5.74) is 1.91. The molecule has 0 bridgehead atoms. The number of benzene rings is 2. The third-order valence-corrected chi connectivity index (χ3v) is 4.06. The van der Waals surface area contributed by atoms with Crippen molar-refractivity contribution in [2.24, 2.45) is 0 Å². The van der Waals surface area contributed by atoms with E-state index in [9.17, 15) is 14.0 Å². The Labute approximate surface area is 167 Å². The Morgan fingerprint density at radius 3 is 2.55 bits per heavy atom. The Hall–Kier alpha value is -3.81. The molecule has 0 aliphatic carbocycles. The van der Waals surface area contributed by atoms with E-state index in [0.717, 1.165) is 5.56 Å². The lowest BCUT2D eigenvalue weighted by molar-refractivity contribution is 0.0600. The lowest BCUT2D eigenvalue weighted by Gasteiger charge is -2.08. The highest BCUT2D eigenvalue weighted by atomic mass is 19.1. The molecule has 1 amide bonds. The third kappa shape index (κ3) is 5.58. The first-order valence-electron chi connectivity index (χ1n) is 8.85. The van der Waals surface area contributed by atoms with Gasteiger partial charge in [-0.15, -0.1) is 0 Å². The molecule has 3 rings (SSSR count). The van der Waals surface area contributed by atoms with Crippen LogP contribution in [0.15, 0.2) is 60.9 Å². The second-order valence-electron chi connectivity index (χ2n) is 6.12. The largest absolute Gasteiger partial charge is 0.465 e. The van der Waals surface area contributed by atoms with Crippen LogP contribution in [0.4, 0.5) is 15.9 Å². The number of ether oxygens (including phenoxy) is 1. The molecule has 148 valence electrons. The minimum Gasteiger partial charge on any atom is -0.465 e. The van der Waals surface area contributed by atoms with Crippen LogP contribution in [0, 0.1) is 5.82 Å². The van der Waals surface area contributed by atoms with E-state index in [1.807, 2.05) is 0 Å². The lowest BCUT2D eigenvalue weighted by Crippen LogP contribution is -2.15. The molecule has 0 atom stereocenters. The summed E-state index contributed by atoms with van der Waals surface area (Å²) in [6.07, 6.45) is 3.52. The average Bonchev–Trinajstić information content (AvgIpc) is 2.75. The molecule has 0 aliphatic rings. The summed E-state index contributed by atoms with van der Waals surface area (Å²) in [5.74, 6) is -0.677. The van der Waals surface area contributed by atoms with Crippen LogP contribution in [0.3, 0.4) is 0 Å². The van der Waals surface area contributed by atoms with Crippen LogP contribution in [-0.4, -0.2) is 35.5 Å². The number of nitrogens with zero attached hydrogens (tertiary/aromatic N) is 2. The molecule has 3 aromatic rings. The van der Waals surface area contributed by atoms with Gasteiger partial charge in [0.05, 0.1) is 25.1 Å². The van der Waals surface area contributed by atoms with Crippen LogP contribution in [0.25, 0.3) is 0 Å². The zero-order valence-electron chi connectivity index (χ0n) is 15.7. The van der Waals surface area contributed by atoms with E-state index >= 15 is 0 Å². The quantitative estimate of drug-likeness (QED) is 0.597. The first-order valence-corrected chi connectivity index (χ1v) is 8.85. The molecule has 0 spiro atoms. The Morgan fingerprint density at radius 1 is 1.07 bits per heavy atom. The summed E-state index contributed by atoms with van der Waals surface area (Å²) in [6.45, 7) is 0.589. The Morgan fingerprint density at radius 2 is 1.86 bits per heavy atom. The molecule has 29 heavy (non-hydrogen) atoms. The number of nitrogens with one attached hydrogen (secondary N) is 2. The maximum absolute atomic E-state index is 12.9. The zero-order valence-corrected chi connectivity index (χ0v) is 15.7. The van der Waals surface area contributed by atoms with E-state index in [1.165, 1.54) is 37.7 Å². The first-order chi connectivity index (χ1) is 14.0. The fourth-order valence-corrected chi connectivity index (χ4v) is 2.56. The number of aromatic nitrogens is 2. The van der Waals surface area contributed by atoms with E-state index in [1.54, 1.807) is 30.3 Å². The van der Waals surface area contributed by atoms with Gasteiger partial charge in [0, 0.05) is 12.2 Å². The fourth-order valence-electron chi connectivity index (χ4n) is 2.56. The average molecular weight is 394 g/mol. The van der Waals surface area contributed by atoms with E-state index in [2.05, 4.69) is 25.3 Å². The molecule has 1 aromatic heterocycles. The fraction of sp³-hybridized carbons (Fsp3) is 0.143. The van der Waals surface area contributed by atoms with Crippen molar-refractivity contribution in [1.82, 2.24) is 9.97 Å². The number of methoxy groups -OCH3 is 1. The van der Waals surface area contributed by atoms with Crippen LogP contribution in [0.2, 0.25) is 0 Å². The molecule has 7 nitrogen and oxygen atoms in total. The predicted octanol–water partition coefficient (Wildman–Crippen LogP) is 3.31. The van der Waals surface area contributed by atoms with Crippen molar-refractivity contribution in [3.8, 4) is 0 Å². The topological polar surface area (TPSA) is 93.2 Å². The maximum atomic E-state index is 12.9. The summed E-state index contributed by atoms with van der Waals surface area (Å²) in [4.78, 5) is 32.2. The molecule has 1 heterocycles. The SMILES string of the molecule is COC(=O)c1cccc(NC(=O)c2cnc(NCCc3ccc(F)cc3)cn2)c1. The van der Waals surface area contributed by atoms with Gasteiger partial charge in [0.2, 0.25) is 0 Å². The molecule has 0 saturated heterocycles. The van der Waals surface area contributed by atoms with Gasteiger partial charge in [-0.25, -0.2) is 19.2 Å². The molecule has 8 heteroatoms. The van der Waals surface area contributed by atoms with Crippen molar-refractivity contribution < 1.29 is 18.7 Å². The molecule has 0 unspecified atom stereocenters. The number of hydrogen-bond acceptors (Lipinski definition) is 6. The molecule has 0 saturated carbocycles. The Bertz CT molecular complexity index is 992. The van der Waals surface area contributed by atoms with Crippen molar-refractivity contribution in [2.45, 2.75) is 6.42 Å². The molecule has 2 aromatic carbocycles. The van der Waals surface area contributed by atoms with Gasteiger partial charge in [0.25, 0.3) is 5.91 Å². The number of halogens is 1. The van der Waals surface area contributed by atoms with Crippen molar-refractivity contribution in [1.29, 1.82) is 0 Å². The number of carbonyl (C=O) groups excluding carboxylic acids is 2. The van der Waals surface area contributed by atoms with Crippen LogP contribution in [0.5, 0.6) is 0 Å². The van der Waals surface area contributed by atoms with Crippen LogP contribution >= 0.6 is 0 Å². The molecule has 0 fully saturated rings. The third-order valence-electron chi connectivity index (χ3n) is 4.06. The molecule has 0 radical (unpaired) electrons. The minimum absolute atomic E-state index is 0.137. The second-order valence-corrected chi connectivity index (χ2v) is 6.12. The number of esters is 1. The Balaban J connectivity index is 1.54. The smallest absolute Gasteiger partial charge is 0.337 e. The molecular weight excluding hydrogens is 375 g/mol. The van der Waals surface area contributed by atoms with Gasteiger partial charge in [-0.05, 0) is 42.3 Å². The summed E-state index contributed by atoms with van der Waals surface area (Å²) in [5, 5.41) is 5.77. The van der Waals surface area contributed by atoms with Gasteiger partial charge in [0.1, 0.15) is 17.3 Å². The van der Waals surface area contributed by atoms with Crippen molar-refractivity contribution >= 4 is 23.4 Å².